The summed E-state index contributed by atoms with van der Waals surface area (Å²) in [5, 5.41) is 0.505. The van der Waals surface area contributed by atoms with Crippen molar-refractivity contribution in [3.8, 4) is 11.8 Å². The lowest BCUT2D eigenvalue weighted by atomic mass is 9.74. The molecule has 3 heteroatoms. The Balaban J connectivity index is 2.12. The van der Waals surface area contributed by atoms with Crippen LogP contribution in [0.15, 0.2) is 12.1 Å². The van der Waals surface area contributed by atoms with Crippen LogP contribution in [0.4, 0.5) is 0 Å². The highest BCUT2D eigenvalue weighted by molar-refractivity contribution is 6.32. The molecule has 0 spiro atoms. The molecule has 2 atom stereocenters. The van der Waals surface area contributed by atoms with Crippen LogP contribution in [0.5, 0.6) is 0 Å². The number of hydrogen-bond donors (Lipinski definition) is 0. The molecule has 2 unspecified atom stereocenters. The first kappa shape index (κ1) is 15.3. The molecule has 0 saturated heterocycles. The van der Waals surface area contributed by atoms with Crippen LogP contribution in [0.1, 0.15) is 55.7 Å². The van der Waals surface area contributed by atoms with E-state index in [9.17, 15) is 9.59 Å². The first-order valence-corrected chi connectivity index (χ1v) is 8.27. The number of halogens is 1. The van der Waals surface area contributed by atoms with Gasteiger partial charge in [-0.1, -0.05) is 24.4 Å². The van der Waals surface area contributed by atoms with Crippen LogP contribution < -0.4 is 0 Å². The number of rotatable bonds is 2. The van der Waals surface area contributed by atoms with E-state index in [-0.39, 0.29) is 23.4 Å². The summed E-state index contributed by atoms with van der Waals surface area (Å²) < 4.78 is 0. The fraction of sp³-hybridized carbons (Fsp3) is 0.474. The molecule has 22 heavy (non-hydrogen) atoms. The molecule has 114 valence electrons. The molecular weight excluding hydrogens is 296 g/mol. The monoisotopic (exact) mass is 314 g/mol. The highest BCUT2D eigenvalue weighted by Crippen LogP contribution is 2.46. The lowest BCUT2D eigenvalue weighted by Crippen LogP contribution is -2.35. The summed E-state index contributed by atoms with van der Waals surface area (Å²) in [5.74, 6) is 5.44. The number of benzene rings is 1. The molecule has 3 rings (SSSR count). The molecule has 0 heterocycles. The molecule has 0 amide bonds. The van der Waals surface area contributed by atoms with E-state index in [0.717, 1.165) is 42.4 Å². The maximum atomic E-state index is 12.7. The number of hydrogen-bond acceptors (Lipinski definition) is 2. The Morgan fingerprint density at radius 1 is 1.18 bits per heavy atom. The second-order valence-corrected chi connectivity index (χ2v) is 6.61. The number of fused-ring (bicyclic) bond motifs is 2. The Morgan fingerprint density at radius 2 is 1.82 bits per heavy atom. The average Bonchev–Trinajstić information content (AvgIpc) is 2.94. The van der Waals surface area contributed by atoms with E-state index in [1.807, 2.05) is 13.0 Å². The zero-order valence-corrected chi connectivity index (χ0v) is 13.7. The topological polar surface area (TPSA) is 34.1 Å². The van der Waals surface area contributed by atoms with E-state index in [1.54, 1.807) is 13.0 Å². The summed E-state index contributed by atoms with van der Waals surface area (Å²) in [4.78, 5) is 25.4. The zero-order valence-electron chi connectivity index (χ0n) is 12.9. The van der Waals surface area contributed by atoms with Crippen LogP contribution in [-0.4, -0.2) is 11.6 Å². The molecular formula is C19H19ClO2. The van der Waals surface area contributed by atoms with E-state index in [4.69, 9.17) is 11.6 Å². The third-order valence-electron chi connectivity index (χ3n) is 4.96. The van der Waals surface area contributed by atoms with Gasteiger partial charge in [-0.25, -0.2) is 0 Å². The Labute approximate surface area is 136 Å². The van der Waals surface area contributed by atoms with Crippen LogP contribution in [0.3, 0.4) is 0 Å². The molecule has 2 aliphatic rings. The molecule has 0 radical (unpaired) electrons. The number of carbonyl (C=O) groups excluding carboxylic acids is 2. The molecule has 2 saturated carbocycles. The Hall–Kier alpha value is -1.59. The SMILES string of the molecule is CC#Cc1cc(Cl)c(C2C(=O)C3CCC(C3)C2=O)c(CC)c1. The molecule has 2 nitrogen and oxygen atoms in total. The van der Waals surface area contributed by atoms with Gasteiger partial charge in [0.25, 0.3) is 0 Å². The van der Waals surface area contributed by atoms with Crippen molar-refractivity contribution >= 4 is 23.2 Å². The minimum atomic E-state index is -0.655. The van der Waals surface area contributed by atoms with Crippen molar-refractivity contribution in [2.45, 2.75) is 45.4 Å². The van der Waals surface area contributed by atoms with Crippen molar-refractivity contribution < 1.29 is 9.59 Å². The van der Waals surface area contributed by atoms with Gasteiger partial charge in [-0.2, -0.15) is 0 Å². The zero-order chi connectivity index (χ0) is 15.9. The summed E-state index contributed by atoms with van der Waals surface area (Å²) in [7, 11) is 0. The van der Waals surface area contributed by atoms with Crippen molar-refractivity contribution in [1.82, 2.24) is 0 Å². The predicted octanol–water partition coefficient (Wildman–Crippen LogP) is 3.93. The fourth-order valence-corrected chi connectivity index (χ4v) is 4.25. The van der Waals surface area contributed by atoms with Crippen LogP contribution in [0, 0.1) is 23.7 Å². The summed E-state index contributed by atoms with van der Waals surface area (Å²) in [6.07, 6.45) is 3.18. The fourth-order valence-electron chi connectivity index (χ4n) is 3.90. The second-order valence-electron chi connectivity index (χ2n) is 6.20. The van der Waals surface area contributed by atoms with Crippen LogP contribution >= 0.6 is 11.6 Å². The van der Waals surface area contributed by atoms with E-state index >= 15 is 0 Å². The predicted molar refractivity (Wildman–Crippen MR) is 87.0 cm³/mol. The van der Waals surface area contributed by atoms with Gasteiger partial charge in [0, 0.05) is 22.4 Å². The molecule has 1 aromatic carbocycles. The van der Waals surface area contributed by atoms with Crippen LogP contribution in [-0.2, 0) is 16.0 Å². The molecule has 1 aromatic rings. The minimum Gasteiger partial charge on any atom is -0.298 e. The quantitative estimate of drug-likeness (QED) is 0.612. The van der Waals surface area contributed by atoms with Gasteiger partial charge in [0.05, 0.1) is 0 Å². The van der Waals surface area contributed by atoms with Crippen molar-refractivity contribution in [2.75, 3.05) is 0 Å². The number of Topliss-reactive ketones (excluding diaryl/α,β-unsaturated/α-hetero) is 2. The second kappa shape index (κ2) is 5.89. The van der Waals surface area contributed by atoms with E-state index in [1.165, 1.54) is 0 Å². The number of ketones is 2. The first-order chi connectivity index (χ1) is 10.6. The van der Waals surface area contributed by atoms with Crippen molar-refractivity contribution in [3.05, 3.63) is 33.8 Å². The summed E-state index contributed by atoms with van der Waals surface area (Å²) in [6.45, 7) is 3.80. The van der Waals surface area contributed by atoms with Gasteiger partial charge in [-0.3, -0.25) is 9.59 Å². The first-order valence-electron chi connectivity index (χ1n) is 7.89. The van der Waals surface area contributed by atoms with Crippen LogP contribution in [0.25, 0.3) is 0 Å². The summed E-state index contributed by atoms with van der Waals surface area (Å²) >= 11 is 6.46. The normalized spacial score (nSPS) is 26.8. The van der Waals surface area contributed by atoms with Gasteiger partial charge in [-0.05, 0) is 55.9 Å². The Bertz CT molecular complexity index is 686. The molecule has 0 aromatic heterocycles. The van der Waals surface area contributed by atoms with E-state index < -0.39 is 5.92 Å². The van der Waals surface area contributed by atoms with E-state index in [0.29, 0.717) is 5.02 Å². The average molecular weight is 315 g/mol. The standard InChI is InChI=1S/C19H19ClO2/c1-3-5-11-8-12(4-2)16(15(20)9-11)17-18(21)13-6-7-14(10-13)19(17)22/h8-9,13-14,17H,4,6-7,10H2,1-2H3. The molecule has 0 aliphatic heterocycles. The van der Waals surface area contributed by atoms with Crippen molar-refractivity contribution in [3.63, 3.8) is 0 Å². The summed E-state index contributed by atoms with van der Waals surface area (Å²) in [6, 6.07) is 3.75. The van der Waals surface area contributed by atoms with Gasteiger partial charge in [0.1, 0.15) is 5.92 Å². The number of carbonyl (C=O) groups is 2. The van der Waals surface area contributed by atoms with Gasteiger partial charge in [0.15, 0.2) is 11.6 Å². The van der Waals surface area contributed by atoms with Crippen molar-refractivity contribution in [2.24, 2.45) is 11.8 Å². The van der Waals surface area contributed by atoms with Gasteiger partial charge in [0.2, 0.25) is 0 Å². The number of aryl methyl sites for hydroxylation is 1. The largest absolute Gasteiger partial charge is 0.298 e. The third kappa shape index (κ3) is 2.38. The van der Waals surface area contributed by atoms with Gasteiger partial charge in [-0.15, -0.1) is 5.92 Å². The van der Waals surface area contributed by atoms with E-state index in [2.05, 4.69) is 11.8 Å². The summed E-state index contributed by atoms with van der Waals surface area (Å²) in [5.41, 5.74) is 2.54. The van der Waals surface area contributed by atoms with Crippen LogP contribution in [0.2, 0.25) is 5.02 Å². The highest BCUT2D eigenvalue weighted by Gasteiger charge is 2.48. The Morgan fingerprint density at radius 3 is 2.36 bits per heavy atom. The lowest BCUT2D eigenvalue weighted by Gasteiger charge is -2.27. The maximum Gasteiger partial charge on any atom is 0.150 e. The molecule has 0 N–H and O–H groups in total. The molecule has 2 fully saturated rings. The highest BCUT2D eigenvalue weighted by atomic mass is 35.5. The lowest BCUT2D eigenvalue weighted by molar-refractivity contribution is -0.135. The van der Waals surface area contributed by atoms with Gasteiger partial charge < -0.3 is 0 Å². The maximum absolute atomic E-state index is 12.7. The van der Waals surface area contributed by atoms with Crippen molar-refractivity contribution in [1.29, 1.82) is 0 Å². The molecule has 2 aliphatic carbocycles. The third-order valence-corrected chi connectivity index (χ3v) is 5.27. The minimum absolute atomic E-state index is 0.0450. The Kier molecular flexibility index (Phi) is 4.10. The molecule has 2 bridgehead atoms. The van der Waals surface area contributed by atoms with Gasteiger partial charge >= 0.3 is 0 Å². The smallest absolute Gasteiger partial charge is 0.150 e.